The third-order valence-corrected chi connectivity index (χ3v) is 6.83. The summed E-state index contributed by atoms with van der Waals surface area (Å²) in [5, 5.41) is 9.01. The average molecular weight is 404 g/mol. The van der Waals surface area contributed by atoms with Gasteiger partial charge >= 0.3 is 0 Å². The molecule has 0 saturated heterocycles. The third kappa shape index (κ3) is 3.41. The van der Waals surface area contributed by atoms with Crippen LogP contribution in [0.1, 0.15) is 23.6 Å². The van der Waals surface area contributed by atoms with Crippen LogP contribution in [0.5, 0.6) is 0 Å². The molecule has 0 heterocycles. The second kappa shape index (κ2) is 7.39. The highest BCUT2D eigenvalue weighted by Gasteiger charge is 2.24. The molecule has 1 aliphatic rings. The lowest BCUT2D eigenvalue weighted by Gasteiger charge is -2.11. The maximum Gasteiger partial charge on any atom is 0.242 e. The Morgan fingerprint density at radius 3 is 1.72 bits per heavy atom. The Labute approximate surface area is 171 Å². The smallest absolute Gasteiger partial charge is 0.207 e. The van der Waals surface area contributed by atoms with E-state index >= 15 is 0 Å². The van der Waals surface area contributed by atoms with Gasteiger partial charge in [-0.25, -0.2) is 12.7 Å². The van der Waals surface area contributed by atoms with Gasteiger partial charge in [0.1, 0.15) is 5.71 Å². The Hall–Kier alpha value is -3.09. The fraction of sp³-hybridized carbons (Fsp3) is 0.130. The van der Waals surface area contributed by atoms with Gasteiger partial charge in [0.05, 0.1) is 10.6 Å². The zero-order chi connectivity index (χ0) is 20.6. The van der Waals surface area contributed by atoms with Crippen LogP contribution in [0.4, 0.5) is 0 Å². The van der Waals surface area contributed by atoms with E-state index in [1.165, 1.54) is 18.4 Å². The molecule has 3 aromatic carbocycles. The van der Waals surface area contributed by atoms with Gasteiger partial charge in [-0.05, 0) is 35.7 Å². The molecule has 29 heavy (non-hydrogen) atoms. The quantitative estimate of drug-likeness (QED) is 0.379. The first-order chi connectivity index (χ1) is 13.9. The molecule has 0 amide bonds. The second-order valence-electron chi connectivity index (χ2n) is 7.04. The van der Waals surface area contributed by atoms with Crippen molar-refractivity contribution in [3.05, 3.63) is 89.5 Å². The number of hydrogen-bond donors (Lipinski definition) is 0. The minimum atomic E-state index is -3.45. The Balaban J connectivity index is 1.70. The first-order valence-electron chi connectivity index (χ1n) is 9.24. The molecule has 4 rings (SSSR count). The topological polar surface area (TPSA) is 62.1 Å². The molecule has 0 bridgehead atoms. The average Bonchev–Trinajstić information content (AvgIpc) is 3.06. The zero-order valence-electron chi connectivity index (χ0n) is 16.5. The van der Waals surface area contributed by atoms with Crippen LogP contribution >= 0.6 is 0 Å². The lowest BCUT2D eigenvalue weighted by atomic mass is 10.1. The minimum absolute atomic E-state index is 0.254. The van der Waals surface area contributed by atoms with Crippen molar-refractivity contribution in [3.63, 3.8) is 0 Å². The van der Waals surface area contributed by atoms with Gasteiger partial charge in [0.2, 0.25) is 10.0 Å². The molecule has 0 unspecified atom stereocenters. The summed E-state index contributed by atoms with van der Waals surface area (Å²) in [4.78, 5) is 0.254. The Morgan fingerprint density at radius 1 is 0.759 bits per heavy atom. The summed E-state index contributed by atoms with van der Waals surface area (Å²) in [6.07, 6.45) is 0. The number of rotatable bonds is 4. The largest absolute Gasteiger partial charge is 0.242 e. The van der Waals surface area contributed by atoms with E-state index in [0.29, 0.717) is 5.71 Å². The number of hydrogen-bond acceptors (Lipinski definition) is 4. The Kier molecular flexibility index (Phi) is 4.90. The molecular weight excluding hydrogens is 382 g/mol. The molecule has 1 aliphatic carbocycles. The Morgan fingerprint density at radius 2 is 1.24 bits per heavy atom. The van der Waals surface area contributed by atoms with Gasteiger partial charge in [-0.15, -0.1) is 5.10 Å². The lowest BCUT2D eigenvalue weighted by molar-refractivity contribution is 0.521. The van der Waals surface area contributed by atoms with Crippen molar-refractivity contribution in [2.24, 2.45) is 10.2 Å². The van der Waals surface area contributed by atoms with Crippen LogP contribution in [0.15, 0.2) is 87.9 Å². The van der Waals surface area contributed by atoms with Crippen LogP contribution in [0, 0.1) is 0 Å². The van der Waals surface area contributed by atoms with Gasteiger partial charge in [-0.3, -0.25) is 0 Å². The highest BCUT2D eigenvalue weighted by atomic mass is 32.2. The molecule has 0 N–H and O–H groups in total. The number of fused-ring (bicyclic) bond motifs is 3. The van der Waals surface area contributed by atoms with E-state index in [4.69, 9.17) is 0 Å². The summed E-state index contributed by atoms with van der Waals surface area (Å²) in [5.41, 5.74) is 6.85. The fourth-order valence-electron chi connectivity index (χ4n) is 3.36. The number of nitrogens with zero attached hydrogens (tertiary/aromatic N) is 3. The molecule has 0 saturated carbocycles. The van der Waals surface area contributed by atoms with E-state index in [9.17, 15) is 8.42 Å². The maximum atomic E-state index is 12.2. The van der Waals surface area contributed by atoms with Gasteiger partial charge < -0.3 is 0 Å². The minimum Gasteiger partial charge on any atom is -0.207 e. The van der Waals surface area contributed by atoms with Crippen molar-refractivity contribution < 1.29 is 8.42 Å². The van der Waals surface area contributed by atoms with Gasteiger partial charge in [-0.2, -0.15) is 5.10 Å². The summed E-state index contributed by atoms with van der Waals surface area (Å²) in [6.45, 7) is 1.87. The van der Waals surface area contributed by atoms with E-state index < -0.39 is 10.0 Å². The number of benzene rings is 3. The monoisotopic (exact) mass is 403 g/mol. The van der Waals surface area contributed by atoms with Crippen LogP contribution < -0.4 is 0 Å². The summed E-state index contributed by atoms with van der Waals surface area (Å²) in [7, 11) is -0.411. The first kappa shape index (κ1) is 19.2. The first-order valence-corrected chi connectivity index (χ1v) is 10.7. The van der Waals surface area contributed by atoms with E-state index in [-0.39, 0.29) is 4.90 Å². The molecule has 3 aromatic rings. The molecule has 0 fully saturated rings. The van der Waals surface area contributed by atoms with E-state index in [0.717, 1.165) is 33.5 Å². The standard InChI is InChI=1S/C23H21N3O2S/c1-16(17-12-14-18(15-13-17)29(27,28)26(2)3)24-25-23-21-10-6-4-8-19(21)20-9-5-7-11-22(20)23/h4-15H,1-3H3/b24-16-. The molecule has 146 valence electrons. The van der Waals surface area contributed by atoms with Crippen LogP contribution in [0.2, 0.25) is 0 Å². The number of sulfonamides is 1. The second-order valence-corrected chi connectivity index (χ2v) is 9.19. The van der Waals surface area contributed by atoms with Gasteiger partial charge in [-0.1, -0.05) is 60.7 Å². The summed E-state index contributed by atoms with van der Waals surface area (Å²) in [5.74, 6) is 0. The van der Waals surface area contributed by atoms with Gasteiger partial charge in [0.25, 0.3) is 0 Å². The van der Waals surface area contributed by atoms with Crippen LogP contribution in [-0.2, 0) is 10.0 Å². The molecule has 5 nitrogen and oxygen atoms in total. The molecule has 0 aromatic heterocycles. The normalized spacial score (nSPS) is 13.4. The van der Waals surface area contributed by atoms with Crippen molar-refractivity contribution in [1.82, 2.24) is 4.31 Å². The molecule has 0 atom stereocenters. The maximum absolute atomic E-state index is 12.2. The fourth-order valence-corrected chi connectivity index (χ4v) is 4.27. The highest BCUT2D eigenvalue weighted by molar-refractivity contribution is 7.89. The van der Waals surface area contributed by atoms with E-state index in [1.54, 1.807) is 24.3 Å². The molecule has 0 radical (unpaired) electrons. The Bertz CT molecular complexity index is 1190. The van der Waals surface area contributed by atoms with Crippen molar-refractivity contribution in [3.8, 4) is 11.1 Å². The molecule has 0 aliphatic heterocycles. The summed E-state index contributed by atoms with van der Waals surface area (Å²) >= 11 is 0. The zero-order valence-corrected chi connectivity index (χ0v) is 17.3. The summed E-state index contributed by atoms with van der Waals surface area (Å²) in [6, 6.07) is 23.0. The predicted molar refractivity (Wildman–Crippen MR) is 117 cm³/mol. The third-order valence-electron chi connectivity index (χ3n) is 5.01. The summed E-state index contributed by atoms with van der Waals surface area (Å²) < 4.78 is 25.6. The van der Waals surface area contributed by atoms with Crippen molar-refractivity contribution >= 4 is 21.4 Å². The molecule has 6 heteroatoms. The predicted octanol–water partition coefficient (Wildman–Crippen LogP) is 4.18. The van der Waals surface area contributed by atoms with Crippen molar-refractivity contribution in [1.29, 1.82) is 0 Å². The van der Waals surface area contributed by atoms with Crippen LogP contribution in [-0.4, -0.2) is 38.2 Å². The van der Waals surface area contributed by atoms with E-state index in [1.807, 2.05) is 31.2 Å². The van der Waals surface area contributed by atoms with E-state index in [2.05, 4.69) is 34.5 Å². The molecular formula is C23H21N3O2S. The van der Waals surface area contributed by atoms with Crippen LogP contribution in [0.3, 0.4) is 0 Å². The van der Waals surface area contributed by atoms with Gasteiger partial charge in [0, 0.05) is 25.2 Å². The van der Waals surface area contributed by atoms with Crippen LogP contribution in [0.25, 0.3) is 11.1 Å². The SMILES string of the molecule is C/C(=N/N=C1c2ccccc2-c2ccccc21)c1ccc(S(=O)(=O)N(C)C)cc1. The van der Waals surface area contributed by atoms with Crippen molar-refractivity contribution in [2.75, 3.05) is 14.1 Å². The van der Waals surface area contributed by atoms with Crippen molar-refractivity contribution in [2.45, 2.75) is 11.8 Å². The van der Waals surface area contributed by atoms with Gasteiger partial charge in [0.15, 0.2) is 0 Å². The lowest BCUT2D eigenvalue weighted by Crippen LogP contribution is -2.22. The highest BCUT2D eigenvalue weighted by Crippen LogP contribution is 2.36. The molecule has 0 spiro atoms.